The van der Waals surface area contributed by atoms with Crippen LogP contribution in [0.15, 0.2) is 18.2 Å². The van der Waals surface area contributed by atoms with Crippen molar-refractivity contribution in [1.29, 1.82) is 0 Å². The first-order valence-corrected chi connectivity index (χ1v) is 11.9. The number of carbonyl (C=O) groups is 3. The van der Waals surface area contributed by atoms with Gasteiger partial charge >= 0.3 is 6.09 Å². The van der Waals surface area contributed by atoms with Crippen LogP contribution in [-0.2, 0) is 14.3 Å². The Balaban J connectivity index is 3.53. The number of hydrogen-bond acceptors (Lipinski definition) is 5. The first kappa shape index (κ1) is 29.3. The number of hydrogen-bond donors (Lipinski definition) is 3. The molecule has 192 valence electrons. The van der Waals surface area contributed by atoms with E-state index < -0.39 is 41.1 Å². The van der Waals surface area contributed by atoms with Crippen LogP contribution in [-0.4, -0.2) is 51.6 Å². The Bertz CT molecular complexity index is 868. The molecule has 8 nitrogen and oxygen atoms in total. The number of carbonyl (C=O) groups excluding carboxylic acids is 3. The Morgan fingerprint density at radius 1 is 1.09 bits per heavy atom. The largest absolute Gasteiger partial charge is 0.507 e. The van der Waals surface area contributed by atoms with Gasteiger partial charge in [-0.15, -0.1) is 0 Å². The molecule has 2 unspecified atom stereocenters. The average molecular weight is 478 g/mol. The summed E-state index contributed by atoms with van der Waals surface area (Å²) in [7, 11) is 0. The molecule has 0 radical (unpaired) electrons. The van der Waals surface area contributed by atoms with Crippen LogP contribution >= 0.6 is 0 Å². The number of aromatic hydroxyl groups is 1. The van der Waals surface area contributed by atoms with Gasteiger partial charge in [0.1, 0.15) is 23.4 Å². The number of phenolic OH excluding ortho intramolecular Hbond substituents is 1. The number of amides is 3. The van der Waals surface area contributed by atoms with E-state index in [0.717, 1.165) is 0 Å². The monoisotopic (exact) mass is 477 g/mol. The lowest BCUT2D eigenvalue weighted by atomic mass is 9.96. The fraction of sp³-hybridized carbons (Fsp3) is 0.654. The fourth-order valence-electron chi connectivity index (χ4n) is 3.53. The molecular formula is C26H43N3O5. The third-order valence-corrected chi connectivity index (χ3v) is 4.97. The second-order valence-corrected chi connectivity index (χ2v) is 11.1. The zero-order valence-corrected chi connectivity index (χ0v) is 22.4. The summed E-state index contributed by atoms with van der Waals surface area (Å²) in [4.78, 5) is 41.3. The molecule has 0 bridgehead atoms. The van der Waals surface area contributed by atoms with Crippen LogP contribution in [0.1, 0.15) is 85.9 Å². The van der Waals surface area contributed by atoms with E-state index in [0.29, 0.717) is 17.5 Å². The summed E-state index contributed by atoms with van der Waals surface area (Å²) in [6.45, 7) is 18.3. The highest BCUT2D eigenvalue weighted by atomic mass is 16.6. The summed E-state index contributed by atoms with van der Waals surface area (Å²) in [6.07, 6.45) is -0.125. The van der Waals surface area contributed by atoms with Crippen molar-refractivity contribution in [2.75, 3.05) is 6.54 Å². The molecule has 0 aliphatic carbocycles. The number of benzene rings is 1. The molecule has 0 aliphatic heterocycles. The second-order valence-electron chi connectivity index (χ2n) is 11.1. The number of rotatable bonds is 8. The first-order valence-electron chi connectivity index (χ1n) is 11.9. The van der Waals surface area contributed by atoms with Crippen LogP contribution in [0.4, 0.5) is 4.79 Å². The first-order chi connectivity index (χ1) is 15.5. The highest BCUT2D eigenvalue weighted by Gasteiger charge is 2.39. The van der Waals surface area contributed by atoms with Crippen molar-refractivity contribution in [3.63, 3.8) is 0 Å². The van der Waals surface area contributed by atoms with Gasteiger partial charge in [-0.1, -0.05) is 39.0 Å². The third kappa shape index (κ3) is 8.54. The number of phenols is 1. The van der Waals surface area contributed by atoms with Gasteiger partial charge in [0.25, 0.3) is 0 Å². The Hall–Kier alpha value is -2.77. The van der Waals surface area contributed by atoms with Gasteiger partial charge < -0.3 is 25.4 Å². The van der Waals surface area contributed by atoms with E-state index in [2.05, 4.69) is 10.6 Å². The van der Waals surface area contributed by atoms with E-state index in [1.165, 1.54) is 4.90 Å². The summed E-state index contributed by atoms with van der Waals surface area (Å²) < 4.78 is 5.36. The van der Waals surface area contributed by atoms with Crippen LogP contribution in [0.5, 0.6) is 5.75 Å². The van der Waals surface area contributed by atoms with Gasteiger partial charge in [0, 0.05) is 17.6 Å². The van der Waals surface area contributed by atoms with Crippen molar-refractivity contribution >= 4 is 17.9 Å². The van der Waals surface area contributed by atoms with Crippen LogP contribution in [0.25, 0.3) is 0 Å². The molecule has 0 saturated heterocycles. The smallest absolute Gasteiger partial charge is 0.408 e. The fourth-order valence-corrected chi connectivity index (χ4v) is 3.53. The Labute approximate surface area is 204 Å². The second kappa shape index (κ2) is 11.6. The van der Waals surface area contributed by atoms with E-state index in [9.17, 15) is 19.5 Å². The molecule has 2 atom stereocenters. The molecule has 3 N–H and O–H groups in total. The lowest BCUT2D eigenvalue weighted by Crippen LogP contribution is -2.56. The molecule has 8 heteroatoms. The SMILES string of the molecule is CCCN(C(=O)C(NC(=O)OC(C)(C)C)C(C)C)C(C(=O)NC(C)(C)C)c1cccc(C)c1O. The van der Waals surface area contributed by atoms with Crippen molar-refractivity contribution in [2.45, 2.75) is 98.9 Å². The van der Waals surface area contributed by atoms with E-state index in [1.54, 1.807) is 45.9 Å². The predicted octanol–water partition coefficient (Wildman–Crippen LogP) is 4.44. The minimum Gasteiger partial charge on any atom is -0.507 e. The lowest BCUT2D eigenvalue weighted by Gasteiger charge is -2.37. The van der Waals surface area contributed by atoms with E-state index in [-0.39, 0.29) is 18.2 Å². The zero-order chi connectivity index (χ0) is 26.4. The van der Waals surface area contributed by atoms with Gasteiger partial charge in [0.15, 0.2) is 0 Å². The normalized spacial score (nSPS) is 13.7. The summed E-state index contributed by atoms with van der Waals surface area (Å²) in [6, 6.07) is 3.14. The maximum atomic E-state index is 13.9. The van der Waals surface area contributed by atoms with Gasteiger partial charge in [0.05, 0.1) is 0 Å². The number of ether oxygens (including phenoxy) is 1. The lowest BCUT2D eigenvalue weighted by molar-refractivity contribution is -0.144. The quantitative estimate of drug-likeness (QED) is 0.513. The number of para-hydroxylation sites is 1. The van der Waals surface area contributed by atoms with Crippen LogP contribution in [0.2, 0.25) is 0 Å². The Morgan fingerprint density at radius 3 is 2.15 bits per heavy atom. The van der Waals surface area contributed by atoms with Gasteiger partial charge in [-0.3, -0.25) is 9.59 Å². The summed E-state index contributed by atoms with van der Waals surface area (Å²) in [5.74, 6) is -1.13. The van der Waals surface area contributed by atoms with Crippen molar-refractivity contribution in [3.05, 3.63) is 29.3 Å². The van der Waals surface area contributed by atoms with Crippen molar-refractivity contribution < 1.29 is 24.2 Å². The topological polar surface area (TPSA) is 108 Å². The maximum absolute atomic E-state index is 13.9. The van der Waals surface area contributed by atoms with E-state index >= 15 is 0 Å². The number of aryl methyl sites for hydroxylation is 1. The molecule has 0 aliphatic rings. The number of alkyl carbamates (subject to hydrolysis) is 1. The molecule has 1 aromatic carbocycles. The molecule has 0 fully saturated rings. The molecular weight excluding hydrogens is 434 g/mol. The van der Waals surface area contributed by atoms with E-state index in [4.69, 9.17) is 4.74 Å². The third-order valence-electron chi connectivity index (χ3n) is 4.97. The zero-order valence-electron chi connectivity index (χ0n) is 22.4. The van der Waals surface area contributed by atoms with Crippen molar-refractivity contribution in [3.8, 4) is 5.75 Å². The summed E-state index contributed by atoms with van der Waals surface area (Å²) in [5, 5.41) is 16.5. The van der Waals surface area contributed by atoms with Crippen LogP contribution < -0.4 is 10.6 Å². The summed E-state index contributed by atoms with van der Waals surface area (Å²) in [5.41, 5.74) is -0.340. The van der Waals surface area contributed by atoms with Crippen molar-refractivity contribution in [1.82, 2.24) is 15.5 Å². The Kier molecular flexibility index (Phi) is 9.97. The standard InChI is InChI=1S/C26H43N3O5/c1-11-15-29(23(32)19(16(2)3)27-24(33)34-26(8,9)10)20(22(31)28-25(5,6)7)18-14-12-13-17(4)21(18)30/h12-14,16,19-20,30H,11,15H2,1-10H3,(H,27,33)(H,28,31). The van der Waals surface area contributed by atoms with Crippen LogP contribution in [0, 0.1) is 12.8 Å². The molecule has 3 amide bonds. The summed E-state index contributed by atoms with van der Waals surface area (Å²) >= 11 is 0. The van der Waals surface area contributed by atoms with Crippen molar-refractivity contribution in [2.24, 2.45) is 5.92 Å². The van der Waals surface area contributed by atoms with Gasteiger partial charge in [0.2, 0.25) is 11.8 Å². The molecule has 34 heavy (non-hydrogen) atoms. The van der Waals surface area contributed by atoms with Gasteiger partial charge in [-0.05, 0) is 66.4 Å². The Morgan fingerprint density at radius 2 is 1.68 bits per heavy atom. The minimum absolute atomic E-state index is 0.0355. The highest BCUT2D eigenvalue weighted by Crippen LogP contribution is 2.33. The van der Waals surface area contributed by atoms with Crippen LogP contribution in [0.3, 0.4) is 0 Å². The predicted molar refractivity (Wildman–Crippen MR) is 133 cm³/mol. The molecule has 0 heterocycles. The maximum Gasteiger partial charge on any atom is 0.408 e. The molecule has 1 rings (SSSR count). The number of nitrogens with one attached hydrogen (secondary N) is 2. The van der Waals surface area contributed by atoms with E-state index in [1.807, 2.05) is 41.5 Å². The highest BCUT2D eigenvalue weighted by molar-refractivity contribution is 5.93. The molecule has 1 aromatic rings. The molecule has 0 saturated carbocycles. The minimum atomic E-state index is -1.08. The average Bonchev–Trinajstić information content (AvgIpc) is 2.65. The van der Waals surface area contributed by atoms with Gasteiger partial charge in [-0.2, -0.15) is 0 Å². The van der Waals surface area contributed by atoms with Gasteiger partial charge in [-0.25, -0.2) is 4.79 Å². The number of nitrogens with zero attached hydrogens (tertiary/aromatic N) is 1. The molecule has 0 aromatic heterocycles. The molecule has 0 spiro atoms.